The van der Waals surface area contributed by atoms with Crippen LogP contribution < -0.4 is 5.32 Å². The molecule has 0 aromatic carbocycles. The van der Waals surface area contributed by atoms with Crippen molar-refractivity contribution in [1.29, 1.82) is 0 Å². The van der Waals surface area contributed by atoms with Crippen LogP contribution in [0.4, 0.5) is 0 Å². The van der Waals surface area contributed by atoms with E-state index in [1.807, 2.05) is 0 Å². The monoisotopic (exact) mass is 215 g/mol. The van der Waals surface area contributed by atoms with Crippen molar-refractivity contribution in [3.05, 3.63) is 0 Å². The minimum absolute atomic E-state index is 0.889. The summed E-state index contributed by atoms with van der Waals surface area (Å²) in [6.45, 7) is 12.3. The van der Waals surface area contributed by atoms with Crippen LogP contribution in [0.1, 0.15) is 6.92 Å². The average molecular weight is 215 g/mol. The summed E-state index contributed by atoms with van der Waals surface area (Å²) in [5.74, 6) is 0. The predicted molar refractivity (Wildman–Crippen MR) is 63.3 cm³/mol. The molecule has 2 fully saturated rings. The Labute approximate surface area is 93.6 Å². The summed E-state index contributed by atoms with van der Waals surface area (Å²) in [6, 6.07) is 0. The molecular formula is C11H25N3O. The maximum Gasteiger partial charge on any atom is 0.0591 e. The number of nitrogens with zero attached hydrogens (tertiary/aromatic N) is 2. The first kappa shape index (κ1) is 12.9. The van der Waals surface area contributed by atoms with Crippen LogP contribution in [0.2, 0.25) is 0 Å². The molecular weight excluding hydrogens is 190 g/mol. The van der Waals surface area contributed by atoms with E-state index in [1.54, 1.807) is 0 Å². The summed E-state index contributed by atoms with van der Waals surface area (Å²) in [5.41, 5.74) is 0. The van der Waals surface area contributed by atoms with E-state index in [4.69, 9.17) is 4.74 Å². The fourth-order valence-electron chi connectivity index (χ4n) is 1.68. The van der Waals surface area contributed by atoms with E-state index >= 15 is 0 Å². The second-order valence-corrected chi connectivity index (χ2v) is 4.10. The van der Waals surface area contributed by atoms with E-state index in [0.29, 0.717) is 0 Å². The van der Waals surface area contributed by atoms with Crippen molar-refractivity contribution < 1.29 is 4.74 Å². The quantitative estimate of drug-likeness (QED) is 0.659. The Morgan fingerprint density at radius 2 is 1.67 bits per heavy atom. The van der Waals surface area contributed by atoms with E-state index in [1.165, 1.54) is 32.7 Å². The second-order valence-electron chi connectivity index (χ2n) is 4.10. The zero-order valence-corrected chi connectivity index (χ0v) is 10.2. The van der Waals surface area contributed by atoms with Crippen molar-refractivity contribution in [1.82, 2.24) is 15.1 Å². The summed E-state index contributed by atoms with van der Waals surface area (Å²) >= 11 is 0. The van der Waals surface area contributed by atoms with Crippen molar-refractivity contribution in [2.24, 2.45) is 0 Å². The van der Waals surface area contributed by atoms with Crippen molar-refractivity contribution in [3.63, 3.8) is 0 Å². The van der Waals surface area contributed by atoms with Crippen LogP contribution >= 0.6 is 0 Å². The summed E-state index contributed by atoms with van der Waals surface area (Å²) < 4.78 is 5.01. The molecule has 0 aliphatic carbocycles. The molecule has 0 unspecified atom stereocenters. The van der Waals surface area contributed by atoms with Gasteiger partial charge in [-0.3, -0.25) is 0 Å². The van der Waals surface area contributed by atoms with Gasteiger partial charge in [0.05, 0.1) is 13.2 Å². The van der Waals surface area contributed by atoms with Gasteiger partial charge in [-0.1, -0.05) is 6.92 Å². The predicted octanol–water partition coefficient (Wildman–Crippen LogP) is -0.140. The summed E-state index contributed by atoms with van der Waals surface area (Å²) in [4.78, 5) is 4.87. The Balaban J connectivity index is 0.000000162. The molecule has 15 heavy (non-hydrogen) atoms. The highest BCUT2D eigenvalue weighted by atomic mass is 16.5. The molecule has 0 saturated carbocycles. The summed E-state index contributed by atoms with van der Waals surface area (Å²) in [5, 5.41) is 3.16. The van der Waals surface area contributed by atoms with Gasteiger partial charge in [-0.25, -0.2) is 0 Å². The lowest BCUT2D eigenvalue weighted by Gasteiger charge is -2.31. The molecule has 1 N–H and O–H groups in total. The van der Waals surface area contributed by atoms with Crippen LogP contribution in [0.15, 0.2) is 0 Å². The number of ether oxygens (including phenoxy) is 1. The first-order valence-corrected chi connectivity index (χ1v) is 6.02. The number of hydrogen-bond acceptors (Lipinski definition) is 4. The van der Waals surface area contributed by atoms with E-state index in [2.05, 4.69) is 29.1 Å². The molecule has 0 radical (unpaired) electrons. The lowest BCUT2D eigenvalue weighted by Crippen LogP contribution is -2.44. The number of nitrogens with one attached hydrogen (secondary N) is 1. The summed E-state index contributed by atoms with van der Waals surface area (Å²) in [6.07, 6.45) is 0. The maximum absolute atomic E-state index is 5.01. The molecule has 0 aromatic rings. The van der Waals surface area contributed by atoms with Crippen molar-refractivity contribution in [2.75, 3.05) is 66.1 Å². The van der Waals surface area contributed by atoms with Crippen LogP contribution in [0.25, 0.3) is 0 Å². The zero-order chi connectivity index (χ0) is 10.9. The van der Waals surface area contributed by atoms with Gasteiger partial charge in [0, 0.05) is 39.3 Å². The Hall–Kier alpha value is -0.160. The molecule has 2 rings (SSSR count). The van der Waals surface area contributed by atoms with Gasteiger partial charge in [0.2, 0.25) is 0 Å². The highest BCUT2D eigenvalue weighted by molar-refractivity contribution is 4.66. The third-order valence-electron chi connectivity index (χ3n) is 2.89. The molecule has 0 amide bonds. The standard InChI is InChI=1S/C7H16N2.C4H9NO/c1-3-9-6-4-8(2)5-7-9;1-3-6-4-2-5-1/h3-7H2,1-2H3;5H,1-4H2. The topological polar surface area (TPSA) is 27.7 Å². The highest BCUT2D eigenvalue weighted by Crippen LogP contribution is 1.96. The van der Waals surface area contributed by atoms with E-state index in [9.17, 15) is 0 Å². The van der Waals surface area contributed by atoms with Crippen molar-refractivity contribution in [2.45, 2.75) is 6.92 Å². The molecule has 0 bridgehead atoms. The van der Waals surface area contributed by atoms with Crippen LogP contribution in [-0.2, 0) is 4.74 Å². The number of rotatable bonds is 1. The van der Waals surface area contributed by atoms with Crippen LogP contribution in [0, 0.1) is 0 Å². The Morgan fingerprint density at radius 1 is 1.07 bits per heavy atom. The van der Waals surface area contributed by atoms with Crippen molar-refractivity contribution >= 4 is 0 Å². The minimum atomic E-state index is 0.889. The first-order valence-electron chi connectivity index (χ1n) is 6.02. The second kappa shape index (κ2) is 8.05. The van der Waals surface area contributed by atoms with Gasteiger partial charge in [0.25, 0.3) is 0 Å². The molecule has 4 heteroatoms. The lowest BCUT2D eigenvalue weighted by molar-refractivity contribution is 0.109. The third-order valence-corrected chi connectivity index (χ3v) is 2.89. The fourth-order valence-corrected chi connectivity index (χ4v) is 1.68. The highest BCUT2D eigenvalue weighted by Gasteiger charge is 2.10. The molecule has 90 valence electrons. The fraction of sp³-hybridized carbons (Fsp3) is 1.00. The molecule has 2 aliphatic heterocycles. The molecule has 2 heterocycles. The molecule has 0 aromatic heterocycles. The van der Waals surface area contributed by atoms with Gasteiger partial charge in [0.1, 0.15) is 0 Å². The molecule has 2 saturated heterocycles. The number of piperazine rings is 1. The zero-order valence-electron chi connectivity index (χ0n) is 10.2. The van der Waals surface area contributed by atoms with Gasteiger partial charge in [0.15, 0.2) is 0 Å². The van der Waals surface area contributed by atoms with Gasteiger partial charge in [-0.2, -0.15) is 0 Å². The SMILES string of the molecule is C1COCCN1.CCN1CCN(C)CC1. The average Bonchev–Trinajstić information content (AvgIpc) is 2.33. The smallest absolute Gasteiger partial charge is 0.0591 e. The van der Waals surface area contributed by atoms with E-state index in [-0.39, 0.29) is 0 Å². The third kappa shape index (κ3) is 6.10. The Kier molecular flexibility index (Phi) is 6.92. The minimum Gasteiger partial charge on any atom is -0.379 e. The van der Waals surface area contributed by atoms with E-state index in [0.717, 1.165) is 26.3 Å². The van der Waals surface area contributed by atoms with Crippen LogP contribution in [0.3, 0.4) is 0 Å². The largest absolute Gasteiger partial charge is 0.379 e. The lowest BCUT2D eigenvalue weighted by atomic mass is 10.3. The maximum atomic E-state index is 5.01. The molecule has 4 nitrogen and oxygen atoms in total. The number of hydrogen-bond donors (Lipinski definition) is 1. The Morgan fingerprint density at radius 3 is 2.00 bits per heavy atom. The number of morpholine rings is 1. The summed E-state index contributed by atoms with van der Waals surface area (Å²) in [7, 11) is 2.19. The van der Waals surface area contributed by atoms with E-state index < -0.39 is 0 Å². The van der Waals surface area contributed by atoms with Crippen molar-refractivity contribution in [3.8, 4) is 0 Å². The molecule has 0 atom stereocenters. The molecule has 2 aliphatic rings. The van der Waals surface area contributed by atoms with Gasteiger partial charge >= 0.3 is 0 Å². The number of likely N-dealkylation sites (N-methyl/N-ethyl adjacent to an activating group) is 2. The van der Waals surface area contributed by atoms with Gasteiger partial charge in [-0.05, 0) is 13.6 Å². The molecule has 0 spiro atoms. The van der Waals surface area contributed by atoms with Gasteiger partial charge in [-0.15, -0.1) is 0 Å². The van der Waals surface area contributed by atoms with Gasteiger partial charge < -0.3 is 19.9 Å². The van der Waals surface area contributed by atoms with Crippen LogP contribution in [0.5, 0.6) is 0 Å². The van der Waals surface area contributed by atoms with Crippen LogP contribution in [-0.4, -0.2) is 75.9 Å². The first-order chi connectivity index (χ1) is 7.33. The normalized spacial score (nSPS) is 24.4. The Bertz CT molecular complexity index is 131.